The molecule has 0 spiro atoms. The van der Waals surface area contributed by atoms with Crippen molar-refractivity contribution in [3.63, 3.8) is 0 Å². The second kappa shape index (κ2) is 8.22. The van der Waals surface area contributed by atoms with Crippen molar-refractivity contribution in [1.82, 2.24) is 10.2 Å². The van der Waals surface area contributed by atoms with E-state index in [0.29, 0.717) is 10.5 Å². The Morgan fingerprint density at radius 2 is 1.86 bits per heavy atom. The van der Waals surface area contributed by atoms with Crippen LogP contribution in [-0.2, 0) is 21.7 Å². The van der Waals surface area contributed by atoms with Crippen LogP contribution < -0.4 is 5.32 Å². The zero-order chi connectivity index (χ0) is 21.2. The van der Waals surface area contributed by atoms with Crippen LogP contribution in [0, 0.1) is 17.5 Å². The molecule has 9 heteroatoms. The highest BCUT2D eigenvalue weighted by molar-refractivity contribution is 6.07. The molecule has 0 aromatic heterocycles. The van der Waals surface area contributed by atoms with E-state index in [1.807, 2.05) is 0 Å². The van der Waals surface area contributed by atoms with Gasteiger partial charge in [0, 0.05) is 11.1 Å². The number of aliphatic hydroxyl groups is 1. The molecule has 29 heavy (non-hydrogen) atoms. The molecular weight excluding hydrogens is 389 g/mol. The van der Waals surface area contributed by atoms with Gasteiger partial charge >= 0.3 is 6.03 Å². The summed E-state index contributed by atoms with van der Waals surface area (Å²) in [4.78, 5) is 25.7. The minimum atomic E-state index is -1.81. The molecule has 2 aromatic rings. The van der Waals surface area contributed by atoms with Gasteiger partial charge in [0.1, 0.15) is 23.0 Å². The Balaban J connectivity index is 1.64. The molecule has 0 unspecified atom stereocenters. The molecule has 0 radical (unpaired) electrons. The molecule has 3 rings (SSSR count). The lowest BCUT2D eigenvalue weighted by molar-refractivity contribution is -0.132. The molecule has 0 saturated carbocycles. The van der Waals surface area contributed by atoms with Gasteiger partial charge in [0.15, 0.2) is 0 Å². The van der Waals surface area contributed by atoms with E-state index in [1.165, 1.54) is 25.1 Å². The number of benzene rings is 2. The molecule has 1 aliphatic heterocycles. The number of halogens is 3. The number of ether oxygens (including phenoxy) is 1. The van der Waals surface area contributed by atoms with Crippen LogP contribution in [0.2, 0.25) is 0 Å². The maximum absolute atomic E-state index is 14.1. The van der Waals surface area contributed by atoms with Crippen molar-refractivity contribution < 1.29 is 32.6 Å². The predicted octanol–water partition coefficient (Wildman–Crippen LogP) is 2.45. The summed E-state index contributed by atoms with van der Waals surface area (Å²) >= 11 is 0. The van der Waals surface area contributed by atoms with Crippen molar-refractivity contribution >= 4 is 11.9 Å². The molecule has 2 N–H and O–H groups in total. The second-order valence-corrected chi connectivity index (χ2v) is 6.86. The first-order valence-corrected chi connectivity index (χ1v) is 8.81. The number of aliphatic hydroxyl groups excluding tert-OH is 1. The maximum atomic E-state index is 14.1. The summed E-state index contributed by atoms with van der Waals surface area (Å²) in [5, 5.41) is 12.4. The first kappa shape index (κ1) is 20.8. The summed E-state index contributed by atoms with van der Waals surface area (Å²) in [6.45, 7) is 0.465. The van der Waals surface area contributed by atoms with Gasteiger partial charge in [0.05, 0.1) is 25.9 Å². The first-order valence-electron chi connectivity index (χ1n) is 8.81. The number of imide groups is 1. The van der Waals surface area contributed by atoms with Crippen LogP contribution >= 0.6 is 0 Å². The Morgan fingerprint density at radius 3 is 2.59 bits per heavy atom. The Labute approximate surface area is 164 Å². The SMILES string of the molecule is C[C@]1(c2cc(F)ccc2F)NC(=O)N(C[C@@H](O)COCc2ccccc2F)C1=O. The number of nitrogens with one attached hydrogen (secondary N) is 1. The Hall–Kier alpha value is -2.91. The molecule has 2 atom stereocenters. The van der Waals surface area contributed by atoms with E-state index in [-0.39, 0.29) is 18.8 Å². The molecule has 154 valence electrons. The van der Waals surface area contributed by atoms with E-state index < -0.39 is 47.6 Å². The van der Waals surface area contributed by atoms with E-state index in [0.717, 1.165) is 18.2 Å². The maximum Gasteiger partial charge on any atom is 0.325 e. The summed E-state index contributed by atoms with van der Waals surface area (Å²) < 4.78 is 46.4. The Kier molecular flexibility index (Phi) is 5.90. The molecule has 0 bridgehead atoms. The van der Waals surface area contributed by atoms with Crippen LogP contribution in [0.15, 0.2) is 42.5 Å². The topological polar surface area (TPSA) is 78.9 Å². The van der Waals surface area contributed by atoms with Crippen molar-refractivity contribution in [1.29, 1.82) is 0 Å². The van der Waals surface area contributed by atoms with Gasteiger partial charge in [-0.1, -0.05) is 18.2 Å². The van der Waals surface area contributed by atoms with Gasteiger partial charge < -0.3 is 15.2 Å². The lowest BCUT2D eigenvalue weighted by atomic mass is 9.91. The van der Waals surface area contributed by atoms with Gasteiger partial charge in [0.2, 0.25) is 0 Å². The minimum absolute atomic E-state index is 0.101. The third-order valence-electron chi connectivity index (χ3n) is 4.66. The van der Waals surface area contributed by atoms with Crippen molar-refractivity contribution in [2.45, 2.75) is 25.2 Å². The normalized spacial score (nSPS) is 20.1. The third kappa shape index (κ3) is 4.25. The van der Waals surface area contributed by atoms with Gasteiger partial charge in [-0.05, 0) is 31.2 Å². The molecule has 1 heterocycles. The lowest BCUT2D eigenvalue weighted by Crippen LogP contribution is -2.43. The van der Waals surface area contributed by atoms with E-state index in [1.54, 1.807) is 6.07 Å². The van der Waals surface area contributed by atoms with Crippen molar-refractivity contribution in [2.24, 2.45) is 0 Å². The number of β-amino-alcohol motifs (C(OH)–C–C–N with tert-alkyl or cyclic N) is 1. The van der Waals surface area contributed by atoms with Gasteiger partial charge in [-0.25, -0.2) is 18.0 Å². The highest BCUT2D eigenvalue weighted by atomic mass is 19.1. The molecule has 0 aliphatic carbocycles. The third-order valence-corrected chi connectivity index (χ3v) is 4.66. The summed E-state index contributed by atoms with van der Waals surface area (Å²) in [5.74, 6) is -2.90. The standard InChI is InChI=1S/C20H19F3N2O4/c1-20(15-8-13(21)6-7-17(15)23)18(27)25(19(28)24-20)9-14(26)11-29-10-12-4-2-3-5-16(12)22/h2-8,14,26H,9-11H2,1H3,(H,24,28)/t14-,20-/m1/s1. The van der Waals surface area contributed by atoms with Crippen LogP contribution in [0.1, 0.15) is 18.1 Å². The molecule has 1 saturated heterocycles. The summed E-state index contributed by atoms with van der Waals surface area (Å²) in [6, 6.07) is 7.72. The quantitative estimate of drug-likeness (QED) is 0.690. The zero-order valence-electron chi connectivity index (χ0n) is 15.5. The van der Waals surface area contributed by atoms with Crippen molar-refractivity contribution in [3.8, 4) is 0 Å². The fraction of sp³-hybridized carbons (Fsp3) is 0.300. The number of carbonyl (C=O) groups excluding carboxylic acids is 2. The van der Waals surface area contributed by atoms with Crippen molar-refractivity contribution in [2.75, 3.05) is 13.2 Å². The van der Waals surface area contributed by atoms with E-state index >= 15 is 0 Å². The average molecular weight is 408 g/mol. The summed E-state index contributed by atoms with van der Waals surface area (Å²) in [7, 11) is 0. The summed E-state index contributed by atoms with van der Waals surface area (Å²) in [6.07, 6.45) is -1.25. The highest BCUT2D eigenvalue weighted by Crippen LogP contribution is 2.31. The van der Waals surface area contributed by atoms with Crippen molar-refractivity contribution in [3.05, 3.63) is 71.0 Å². The van der Waals surface area contributed by atoms with E-state index in [9.17, 15) is 27.9 Å². The smallest absolute Gasteiger partial charge is 0.325 e. The zero-order valence-corrected chi connectivity index (χ0v) is 15.5. The van der Waals surface area contributed by atoms with E-state index in [4.69, 9.17) is 4.74 Å². The van der Waals surface area contributed by atoms with Crippen LogP contribution in [-0.4, -0.2) is 41.2 Å². The molecule has 3 amide bonds. The fourth-order valence-electron chi connectivity index (χ4n) is 3.11. The van der Waals surface area contributed by atoms with Gasteiger partial charge in [-0.3, -0.25) is 9.69 Å². The van der Waals surface area contributed by atoms with Gasteiger partial charge in [0.25, 0.3) is 5.91 Å². The number of hydrogen-bond acceptors (Lipinski definition) is 4. The molecule has 1 fully saturated rings. The monoisotopic (exact) mass is 408 g/mol. The van der Waals surface area contributed by atoms with Crippen LogP contribution in [0.25, 0.3) is 0 Å². The summed E-state index contributed by atoms with van der Waals surface area (Å²) in [5.41, 5.74) is -1.83. The van der Waals surface area contributed by atoms with Gasteiger partial charge in [-0.2, -0.15) is 0 Å². The second-order valence-electron chi connectivity index (χ2n) is 6.86. The number of rotatable bonds is 7. The largest absolute Gasteiger partial charge is 0.389 e. The minimum Gasteiger partial charge on any atom is -0.389 e. The number of nitrogens with zero attached hydrogens (tertiary/aromatic N) is 1. The number of hydrogen-bond donors (Lipinski definition) is 2. The first-order chi connectivity index (χ1) is 13.7. The number of urea groups is 1. The van der Waals surface area contributed by atoms with Crippen LogP contribution in [0.3, 0.4) is 0 Å². The number of carbonyl (C=O) groups is 2. The van der Waals surface area contributed by atoms with Crippen LogP contribution in [0.5, 0.6) is 0 Å². The lowest BCUT2D eigenvalue weighted by Gasteiger charge is -2.23. The van der Waals surface area contributed by atoms with Crippen LogP contribution in [0.4, 0.5) is 18.0 Å². The molecule has 6 nitrogen and oxygen atoms in total. The molecule has 1 aliphatic rings. The Bertz CT molecular complexity index is 940. The Morgan fingerprint density at radius 1 is 1.14 bits per heavy atom. The van der Waals surface area contributed by atoms with Gasteiger partial charge in [-0.15, -0.1) is 0 Å². The molecule has 2 aromatic carbocycles. The predicted molar refractivity (Wildman–Crippen MR) is 96.0 cm³/mol. The fourth-order valence-corrected chi connectivity index (χ4v) is 3.11. The molecular formula is C20H19F3N2O4. The highest BCUT2D eigenvalue weighted by Gasteiger charge is 2.50. The number of amides is 3. The van der Waals surface area contributed by atoms with E-state index in [2.05, 4.69) is 5.32 Å². The average Bonchev–Trinajstić information content (AvgIpc) is 2.89.